The summed E-state index contributed by atoms with van der Waals surface area (Å²) >= 11 is 0. The Hall–Kier alpha value is -1.87. The third-order valence-electron chi connectivity index (χ3n) is 6.57. The Morgan fingerprint density at radius 2 is 1.82 bits per heavy atom. The summed E-state index contributed by atoms with van der Waals surface area (Å²) in [6.45, 7) is 10.2. The minimum Gasteiger partial charge on any atom is -0.357 e. The van der Waals surface area contributed by atoms with Gasteiger partial charge in [-0.25, -0.2) is 4.98 Å². The molecule has 33 heavy (non-hydrogen) atoms. The number of hydrogen-bond donors (Lipinski definition) is 2. The fraction of sp³-hybridized carbons (Fsp3) is 0.538. The lowest BCUT2D eigenvalue weighted by Crippen LogP contribution is -2.49. The average Bonchev–Trinajstić information content (AvgIpc) is 3.25. The van der Waals surface area contributed by atoms with Gasteiger partial charge in [-0.2, -0.15) is 0 Å². The van der Waals surface area contributed by atoms with Gasteiger partial charge in [0.25, 0.3) is 0 Å². The van der Waals surface area contributed by atoms with Gasteiger partial charge in [-0.3, -0.25) is 9.89 Å². The van der Waals surface area contributed by atoms with E-state index in [1.807, 2.05) is 0 Å². The van der Waals surface area contributed by atoms with Crippen LogP contribution in [0.1, 0.15) is 43.9 Å². The van der Waals surface area contributed by atoms with Crippen LogP contribution >= 0.6 is 24.0 Å². The van der Waals surface area contributed by atoms with Crippen LogP contribution in [0.4, 0.5) is 5.82 Å². The summed E-state index contributed by atoms with van der Waals surface area (Å²) in [5.41, 5.74) is 2.47. The van der Waals surface area contributed by atoms with E-state index in [9.17, 15) is 0 Å². The number of likely N-dealkylation sites (tertiary alicyclic amines) is 1. The fourth-order valence-electron chi connectivity index (χ4n) is 4.80. The molecule has 4 rings (SSSR count). The number of anilines is 1. The van der Waals surface area contributed by atoms with Crippen LogP contribution in [0.3, 0.4) is 0 Å². The van der Waals surface area contributed by atoms with Crippen molar-refractivity contribution in [3.05, 3.63) is 59.8 Å². The van der Waals surface area contributed by atoms with Crippen molar-refractivity contribution in [3.63, 3.8) is 0 Å². The normalized spacial score (nSPS) is 19.9. The summed E-state index contributed by atoms with van der Waals surface area (Å²) in [5.74, 6) is 2.06. The highest BCUT2D eigenvalue weighted by atomic mass is 127. The maximum atomic E-state index is 5.00. The van der Waals surface area contributed by atoms with E-state index in [-0.39, 0.29) is 24.0 Å². The van der Waals surface area contributed by atoms with Crippen LogP contribution in [-0.4, -0.2) is 60.7 Å². The Bertz CT molecular complexity index is 866. The van der Waals surface area contributed by atoms with Crippen LogP contribution in [0.15, 0.2) is 53.5 Å². The molecule has 0 saturated carbocycles. The van der Waals surface area contributed by atoms with Gasteiger partial charge in [-0.1, -0.05) is 36.4 Å². The van der Waals surface area contributed by atoms with Crippen molar-refractivity contribution in [1.82, 2.24) is 20.5 Å². The number of nitrogens with one attached hydrogen (secondary N) is 2. The molecule has 0 radical (unpaired) electrons. The predicted octanol–water partition coefficient (Wildman–Crippen LogP) is 4.20. The van der Waals surface area contributed by atoms with Gasteiger partial charge >= 0.3 is 0 Å². The molecule has 1 atom stereocenters. The largest absolute Gasteiger partial charge is 0.357 e. The molecule has 1 aromatic heterocycles. The second-order valence-electron chi connectivity index (χ2n) is 9.01. The van der Waals surface area contributed by atoms with Gasteiger partial charge in [0.2, 0.25) is 0 Å². The highest BCUT2D eigenvalue weighted by Gasteiger charge is 2.25. The Balaban J connectivity index is 0.00000306. The number of halogens is 1. The highest BCUT2D eigenvalue weighted by molar-refractivity contribution is 14.0. The van der Waals surface area contributed by atoms with Gasteiger partial charge in [-0.05, 0) is 63.8 Å². The van der Waals surface area contributed by atoms with E-state index in [1.54, 1.807) is 0 Å². The van der Waals surface area contributed by atoms with Crippen molar-refractivity contribution < 1.29 is 0 Å². The third-order valence-corrected chi connectivity index (χ3v) is 6.57. The molecule has 0 bridgehead atoms. The van der Waals surface area contributed by atoms with Gasteiger partial charge in [-0.15, -0.1) is 24.0 Å². The zero-order chi connectivity index (χ0) is 22.2. The number of aliphatic imine (C=N–C) groups is 1. The Morgan fingerprint density at radius 3 is 2.55 bits per heavy atom. The summed E-state index contributed by atoms with van der Waals surface area (Å²) in [4.78, 5) is 14.7. The van der Waals surface area contributed by atoms with E-state index < -0.39 is 0 Å². The molecule has 2 aromatic rings. The first-order valence-electron chi connectivity index (χ1n) is 12.2. The summed E-state index contributed by atoms with van der Waals surface area (Å²) in [5, 5.41) is 7.17. The first-order chi connectivity index (χ1) is 15.7. The number of pyridine rings is 1. The van der Waals surface area contributed by atoms with Gasteiger partial charge in [0.1, 0.15) is 5.82 Å². The predicted molar refractivity (Wildman–Crippen MR) is 149 cm³/mol. The zero-order valence-corrected chi connectivity index (χ0v) is 22.4. The van der Waals surface area contributed by atoms with E-state index >= 15 is 0 Å². The summed E-state index contributed by atoms with van der Waals surface area (Å²) in [7, 11) is 0. The van der Waals surface area contributed by atoms with Crippen molar-refractivity contribution >= 4 is 35.8 Å². The molecule has 2 fully saturated rings. The van der Waals surface area contributed by atoms with Crippen LogP contribution in [-0.2, 0) is 6.54 Å². The first kappa shape index (κ1) is 25.7. The van der Waals surface area contributed by atoms with Crippen LogP contribution < -0.4 is 15.5 Å². The molecule has 2 N–H and O–H groups in total. The molecule has 7 heteroatoms. The average molecular weight is 563 g/mol. The molecule has 180 valence electrons. The van der Waals surface area contributed by atoms with Crippen LogP contribution in [0.5, 0.6) is 0 Å². The molecule has 0 amide bonds. The number of rotatable bonds is 7. The second-order valence-corrected chi connectivity index (χ2v) is 9.01. The van der Waals surface area contributed by atoms with Gasteiger partial charge in [0.15, 0.2) is 5.96 Å². The van der Waals surface area contributed by atoms with E-state index in [1.165, 1.54) is 24.9 Å². The van der Waals surface area contributed by atoms with Gasteiger partial charge < -0.3 is 15.5 Å². The van der Waals surface area contributed by atoms with E-state index in [0.29, 0.717) is 12.1 Å². The smallest absolute Gasteiger partial charge is 0.191 e. The van der Waals surface area contributed by atoms with Crippen LogP contribution in [0.25, 0.3) is 0 Å². The van der Waals surface area contributed by atoms with E-state index in [0.717, 1.165) is 63.0 Å². The number of piperidine rings is 1. The number of aryl methyl sites for hydroxylation is 1. The number of benzene rings is 1. The maximum Gasteiger partial charge on any atom is 0.191 e. The number of nitrogens with zero attached hydrogens (tertiary/aromatic N) is 4. The molecular weight excluding hydrogens is 523 g/mol. The molecular formula is C26H39IN6. The minimum absolute atomic E-state index is 0. The Morgan fingerprint density at radius 1 is 1.03 bits per heavy atom. The molecule has 0 aliphatic carbocycles. The lowest BCUT2D eigenvalue weighted by atomic mass is 10.1. The van der Waals surface area contributed by atoms with Crippen molar-refractivity contribution in [2.24, 2.45) is 4.99 Å². The monoisotopic (exact) mass is 562 g/mol. The van der Waals surface area contributed by atoms with Crippen LogP contribution in [0, 0.1) is 6.92 Å². The Kier molecular flexibility index (Phi) is 10.2. The zero-order valence-electron chi connectivity index (χ0n) is 20.0. The third kappa shape index (κ3) is 7.57. The lowest BCUT2D eigenvalue weighted by molar-refractivity contribution is 0.250. The minimum atomic E-state index is 0. The second kappa shape index (κ2) is 13.1. The van der Waals surface area contributed by atoms with Crippen molar-refractivity contribution in [2.75, 3.05) is 37.6 Å². The van der Waals surface area contributed by atoms with Crippen molar-refractivity contribution in [2.45, 2.75) is 58.2 Å². The van der Waals surface area contributed by atoms with Gasteiger partial charge in [0.05, 0.1) is 6.54 Å². The summed E-state index contributed by atoms with van der Waals surface area (Å²) in [6, 6.07) is 18.1. The number of aromatic nitrogens is 1. The summed E-state index contributed by atoms with van der Waals surface area (Å²) < 4.78 is 0. The SMILES string of the molecule is CCNC(=NCC1CCCN1Cc1ccccc1)NC1CCN(c2cccc(C)n2)CC1.I. The molecule has 6 nitrogen and oxygen atoms in total. The summed E-state index contributed by atoms with van der Waals surface area (Å²) in [6.07, 6.45) is 4.70. The highest BCUT2D eigenvalue weighted by Crippen LogP contribution is 2.21. The molecule has 3 heterocycles. The number of guanidine groups is 1. The quantitative estimate of drug-likeness (QED) is 0.301. The molecule has 2 saturated heterocycles. The van der Waals surface area contributed by atoms with E-state index in [4.69, 9.17) is 4.99 Å². The Labute approximate surface area is 216 Å². The first-order valence-corrected chi connectivity index (χ1v) is 12.2. The molecule has 0 spiro atoms. The molecule has 2 aliphatic heterocycles. The topological polar surface area (TPSA) is 55.8 Å². The fourth-order valence-corrected chi connectivity index (χ4v) is 4.80. The van der Waals surface area contributed by atoms with Crippen molar-refractivity contribution in [3.8, 4) is 0 Å². The standard InChI is InChI=1S/C26H38N6.HI/c1-3-27-26(28-19-24-12-8-16-32(24)20-22-10-5-4-6-11-22)30-23-14-17-31(18-15-23)25-13-7-9-21(2)29-25;/h4-7,9-11,13,23-24H,3,8,12,14-20H2,1-2H3,(H2,27,28,30);1H. The van der Waals surface area contributed by atoms with E-state index in [2.05, 4.69) is 87.8 Å². The molecule has 2 aliphatic rings. The van der Waals surface area contributed by atoms with Crippen LogP contribution in [0.2, 0.25) is 0 Å². The maximum absolute atomic E-state index is 5.00. The lowest BCUT2D eigenvalue weighted by Gasteiger charge is -2.34. The molecule has 1 aromatic carbocycles. The van der Waals surface area contributed by atoms with Crippen molar-refractivity contribution in [1.29, 1.82) is 0 Å². The number of hydrogen-bond acceptors (Lipinski definition) is 4. The molecule has 1 unspecified atom stereocenters. The van der Waals surface area contributed by atoms with Gasteiger partial charge in [0, 0.05) is 44.0 Å².